The molecule has 0 fully saturated rings. The van der Waals surface area contributed by atoms with Crippen LogP contribution < -0.4 is 0 Å². The lowest BCUT2D eigenvalue weighted by atomic mass is 9.91. The third-order valence-corrected chi connectivity index (χ3v) is 16.0. The van der Waals surface area contributed by atoms with Crippen molar-refractivity contribution < 1.29 is 4.42 Å². The van der Waals surface area contributed by atoms with E-state index in [1.807, 2.05) is 36.4 Å². The molecule has 6 heteroatoms. The first-order valence-electron chi connectivity index (χ1n) is 27.4. The Bertz CT molecular complexity index is 4890. The van der Waals surface area contributed by atoms with Gasteiger partial charge in [-0.3, -0.25) is 0 Å². The number of para-hydroxylation sites is 3. The van der Waals surface area contributed by atoms with Gasteiger partial charge in [0.2, 0.25) is 0 Å². The molecule has 0 saturated carbocycles. The quantitative estimate of drug-likeness (QED) is 0.145. The Labute approximate surface area is 466 Å². The van der Waals surface area contributed by atoms with Gasteiger partial charge in [0.15, 0.2) is 23.1 Å². The molecule has 4 aromatic heterocycles. The van der Waals surface area contributed by atoms with Gasteiger partial charge >= 0.3 is 0 Å². The number of nitrogens with zero attached hydrogens (tertiary/aromatic N) is 5. The van der Waals surface area contributed by atoms with Gasteiger partial charge in [0.25, 0.3) is 0 Å². The van der Waals surface area contributed by atoms with Gasteiger partial charge < -0.3 is 13.6 Å². The van der Waals surface area contributed by atoms with Gasteiger partial charge in [-0.1, -0.05) is 231 Å². The summed E-state index contributed by atoms with van der Waals surface area (Å²) in [4.78, 5) is 15.8. The fourth-order valence-electron chi connectivity index (χ4n) is 12.2. The lowest BCUT2D eigenvalue weighted by molar-refractivity contribution is 0.675. The summed E-state index contributed by atoms with van der Waals surface area (Å²) in [5.74, 6) is 1.78. The molecule has 16 rings (SSSR count). The maximum atomic E-state index is 7.48. The average Bonchev–Trinajstić information content (AvgIpc) is 4.41. The van der Waals surface area contributed by atoms with Crippen molar-refractivity contribution in [2.45, 2.75) is 0 Å². The van der Waals surface area contributed by atoms with E-state index in [0.717, 1.165) is 133 Å². The molecule has 6 nitrogen and oxygen atoms in total. The first-order valence-corrected chi connectivity index (χ1v) is 27.4. The summed E-state index contributed by atoms with van der Waals surface area (Å²) in [5, 5.41) is 6.61. The molecule has 378 valence electrons. The molecule has 0 saturated heterocycles. The van der Waals surface area contributed by atoms with E-state index in [4.69, 9.17) is 19.4 Å². The van der Waals surface area contributed by atoms with Crippen molar-refractivity contribution >= 4 is 65.6 Å². The lowest BCUT2D eigenvalue weighted by Crippen LogP contribution is -2.04. The Balaban J connectivity index is 1.01. The van der Waals surface area contributed by atoms with E-state index in [2.05, 4.69) is 258 Å². The Morgan fingerprint density at radius 2 is 0.654 bits per heavy atom. The average molecular weight is 1030 g/mol. The van der Waals surface area contributed by atoms with Crippen molar-refractivity contribution in [3.63, 3.8) is 0 Å². The Morgan fingerprint density at radius 3 is 1.20 bits per heavy atom. The molecule has 81 heavy (non-hydrogen) atoms. The molecule has 0 N–H and O–H groups in total. The highest BCUT2D eigenvalue weighted by Gasteiger charge is 2.27. The summed E-state index contributed by atoms with van der Waals surface area (Å²) in [5.41, 5.74) is 19.4. The van der Waals surface area contributed by atoms with Gasteiger partial charge in [0.1, 0.15) is 5.58 Å². The Morgan fingerprint density at radius 1 is 0.259 bits per heavy atom. The molecule has 0 atom stereocenters. The van der Waals surface area contributed by atoms with Crippen molar-refractivity contribution in [2.75, 3.05) is 0 Å². The van der Waals surface area contributed by atoms with Gasteiger partial charge in [0.05, 0.1) is 33.1 Å². The molecular weight excluding hydrogens is 987 g/mol. The standard InChI is InChI=1S/C75H47N5O/c1-6-20-48(21-7-1)50-34-38-52(39-35-50)63-46-56(75-77-73(54-24-10-3-11-25-54)76-74(78-75)55-26-12-4-13-27-55)47-64(53-40-36-51(37-41-53)49-22-8-2-9-23-49)69(63)80-66-33-19-17-31-62(66)68-67(80)45-44-60-61-43-42-59-58-30-16-18-32-65(58)79(57-28-14-5-15-29-57)70(59)72(61)81-71(60)68/h1-47H. The molecule has 0 bridgehead atoms. The van der Waals surface area contributed by atoms with Crippen LogP contribution in [-0.2, 0) is 0 Å². The molecule has 16 aromatic rings. The Kier molecular flexibility index (Phi) is 10.8. The van der Waals surface area contributed by atoms with Crippen molar-refractivity contribution in [1.82, 2.24) is 24.1 Å². The second-order valence-electron chi connectivity index (χ2n) is 20.7. The molecule has 0 aliphatic rings. The van der Waals surface area contributed by atoms with Crippen molar-refractivity contribution in [3.8, 4) is 90.0 Å². The number of fused-ring (bicyclic) bond motifs is 11. The van der Waals surface area contributed by atoms with Crippen LogP contribution in [0.1, 0.15) is 0 Å². The first kappa shape index (κ1) is 46.2. The minimum atomic E-state index is 0.573. The van der Waals surface area contributed by atoms with Gasteiger partial charge in [0, 0.05) is 60.4 Å². The maximum absolute atomic E-state index is 7.48. The molecule has 0 spiro atoms. The van der Waals surface area contributed by atoms with Gasteiger partial charge in [-0.15, -0.1) is 0 Å². The van der Waals surface area contributed by atoms with Gasteiger partial charge in [-0.05, 0) is 88.0 Å². The predicted octanol–water partition coefficient (Wildman–Crippen LogP) is 19.6. The van der Waals surface area contributed by atoms with Crippen LogP contribution in [0.15, 0.2) is 290 Å². The monoisotopic (exact) mass is 1030 g/mol. The van der Waals surface area contributed by atoms with E-state index < -0.39 is 0 Å². The van der Waals surface area contributed by atoms with Crippen LogP contribution in [0.2, 0.25) is 0 Å². The summed E-state index contributed by atoms with van der Waals surface area (Å²) in [6, 6.07) is 101. The van der Waals surface area contributed by atoms with E-state index in [-0.39, 0.29) is 0 Å². The minimum absolute atomic E-state index is 0.573. The summed E-state index contributed by atoms with van der Waals surface area (Å²) in [7, 11) is 0. The number of hydrogen-bond donors (Lipinski definition) is 0. The molecule has 0 radical (unpaired) electrons. The zero-order valence-electron chi connectivity index (χ0n) is 43.8. The smallest absolute Gasteiger partial charge is 0.164 e. The van der Waals surface area contributed by atoms with E-state index in [1.54, 1.807) is 0 Å². The minimum Gasteiger partial charge on any atom is -0.453 e. The van der Waals surface area contributed by atoms with E-state index in [0.29, 0.717) is 17.5 Å². The van der Waals surface area contributed by atoms with E-state index in [1.165, 1.54) is 5.39 Å². The number of aromatic nitrogens is 5. The van der Waals surface area contributed by atoms with Crippen LogP contribution in [0.4, 0.5) is 0 Å². The van der Waals surface area contributed by atoms with E-state index >= 15 is 0 Å². The summed E-state index contributed by atoms with van der Waals surface area (Å²) >= 11 is 0. The zero-order chi connectivity index (χ0) is 53.4. The molecule has 4 heterocycles. The lowest BCUT2D eigenvalue weighted by Gasteiger charge is -2.21. The topological polar surface area (TPSA) is 61.7 Å². The third-order valence-electron chi connectivity index (χ3n) is 16.0. The molecule has 0 amide bonds. The zero-order valence-corrected chi connectivity index (χ0v) is 43.8. The van der Waals surface area contributed by atoms with Crippen molar-refractivity contribution in [1.29, 1.82) is 0 Å². The summed E-state index contributed by atoms with van der Waals surface area (Å²) in [6.07, 6.45) is 0. The van der Waals surface area contributed by atoms with Gasteiger partial charge in [-0.25, -0.2) is 15.0 Å². The largest absolute Gasteiger partial charge is 0.453 e. The van der Waals surface area contributed by atoms with Gasteiger partial charge in [-0.2, -0.15) is 0 Å². The van der Waals surface area contributed by atoms with Crippen LogP contribution in [0.5, 0.6) is 0 Å². The number of furan rings is 1. The number of benzene rings is 12. The fraction of sp³-hybridized carbons (Fsp3) is 0. The second-order valence-corrected chi connectivity index (χ2v) is 20.7. The van der Waals surface area contributed by atoms with Crippen LogP contribution in [0.25, 0.3) is 156 Å². The van der Waals surface area contributed by atoms with Crippen LogP contribution >= 0.6 is 0 Å². The van der Waals surface area contributed by atoms with Crippen LogP contribution in [0, 0.1) is 0 Å². The maximum Gasteiger partial charge on any atom is 0.164 e. The molecule has 0 aliphatic heterocycles. The highest BCUT2D eigenvalue weighted by Crippen LogP contribution is 2.48. The second kappa shape index (κ2) is 18.9. The highest BCUT2D eigenvalue weighted by atomic mass is 16.3. The predicted molar refractivity (Wildman–Crippen MR) is 334 cm³/mol. The Hall–Kier alpha value is -11.0. The van der Waals surface area contributed by atoms with Crippen molar-refractivity contribution in [2.24, 2.45) is 0 Å². The molecule has 0 unspecified atom stereocenters. The first-order chi connectivity index (χ1) is 40.2. The summed E-state index contributed by atoms with van der Waals surface area (Å²) in [6.45, 7) is 0. The molecule has 0 aliphatic carbocycles. The number of hydrogen-bond acceptors (Lipinski definition) is 4. The van der Waals surface area contributed by atoms with Crippen LogP contribution in [0.3, 0.4) is 0 Å². The summed E-state index contributed by atoms with van der Waals surface area (Å²) < 4.78 is 12.3. The van der Waals surface area contributed by atoms with Crippen LogP contribution in [-0.4, -0.2) is 24.1 Å². The molecule has 12 aromatic carbocycles. The van der Waals surface area contributed by atoms with E-state index in [9.17, 15) is 0 Å². The highest BCUT2D eigenvalue weighted by molar-refractivity contribution is 6.28. The SMILES string of the molecule is c1ccc(-c2ccc(-c3cc(-c4nc(-c5ccccc5)nc(-c5ccccc5)n4)cc(-c4ccc(-c5ccccc5)cc4)c3-n3c4ccccc4c4c5oc6c(ccc7c8ccccc8n(-c8ccccc8)c76)c5ccc43)cc2)cc1. The number of rotatable bonds is 9. The van der Waals surface area contributed by atoms with Crippen molar-refractivity contribution in [3.05, 3.63) is 285 Å². The normalized spacial score (nSPS) is 11.7. The third kappa shape index (κ3) is 7.68. The fourth-order valence-corrected chi connectivity index (χ4v) is 12.2. The molecular formula is C75H47N5O.